The maximum atomic E-state index is 13.0. The maximum absolute atomic E-state index is 13.0. The lowest BCUT2D eigenvalue weighted by Gasteiger charge is -2.32. The van der Waals surface area contributed by atoms with Crippen LogP contribution in [-0.4, -0.2) is 30.2 Å². The molecule has 2 aromatic carbocycles. The van der Waals surface area contributed by atoms with Crippen molar-refractivity contribution < 1.29 is 23.6 Å². The minimum atomic E-state index is -1.05. The Morgan fingerprint density at radius 2 is 1.44 bits per heavy atom. The third-order valence-electron chi connectivity index (χ3n) is 5.88. The lowest BCUT2D eigenvalue weighted by molar-refractivity contribution is -0.162. The van der Waals surface area contributed by atoms with Gasteiger partial charge in [0.15, 0.2) is 0 Å². The van der Waals surface area contributed by atoms with Crippen LogP contribution in [0, 0.1) is 5.41 Å². The number of benzene rings is 2. The second-order valence-electron chi connectivity index (χ2n) is 10.1. The molecule has 1 N–H and O–H groups in total. The fourth-order valence-corrected chi connectivity index (χ4v) is 3.10. The highest BCUT2D eigenvalue weighted by atomic mass is 16.7. The van der Waals surface area contributed by atoms with Gasteiger partial charge in [-0.15, -0.1) is 0 Å². The van der Waals surface area contributed by atoms with E-state index in [1.54, 1.807) is 57.2 Å². The fraction of sp³-hybridized carbons (Fsp3) is 0.440. The van der Waals surface area contributed by atoms with E-state index in [1.165, 1.54) is 0 Å². The van der Waals surface area contributed by atoms with Crippen molar-refractivity contribution in [2.24, 2.45) is 5.41 Å². The van der Waals surface area contributed by atoms with Crippen molar-refractivity contribution >= 4 is 30.1 Å². The Hall–Kier alpha value is -2.64. The van der Waals surface area contributed by atoms with Crippen LogP contribution in [0.4, 0.5) is 5.69 Å². The minimum Gasteiger partial charge on any atom is -0.447 e. The normalized spacial score (nSPS) is 18.2. The van der Waals surface area contributed by atoms with Crippen LogP contribution in [0.5, 0.6) is 0 Å². The number of ether oxygens (including phenoxy) is 1. The number of anilines is 1. The number of carbonyl (C=O) groups is 2. The lowest BCUT2D eigenvalue weighted by Crippen LogP contribution is -2.41. The van der Waals surface area contributed by atoms with E-state index in [2.05, 4.69) is 5.32 Å². The molecule has 2 aromatic rings. The summed E-state index contributed by atoms with van der Waals surface area (Å²) in [6, 6.07) is 16.3. The molecule has 3 rings (SSSR count). The number of hydrogen-bond acceptors (Lipinski definition) is 5. The van der Waals surface area contributed by atoms with Crippen molar-refractivity contribution in [3.63, 3.8) is 0 Å². The van der Waals surface area contributed by atoms with Crippen molar-refractivity contribution in [1.82, 2.24) is 0 Å². The third kappa shape index (κ3) is 5.22. The molecule has 6 nitrogen and oxygen atoms in total. The maximum Gasteiger partial charge on any atom is 0.494 e. The highest BCUT2D eigenvalue weighted by Crippen LogP contribution is 2.36. The summed E-state index contributed by atoms with van der Waals surface area (Å²) in [5, 5.41) is 2.85. The summed E-state index contributed by atoms with van der Waals surface area (Å²) in [4.78, 5) is 25.5. The smallest absolute Gasteiger partial charge is 0.447 e. The van der Waals surface area contributed by atoms with Crippen LogP contribution in [-0.2, 0) is 23.6 Å². The Morgan fingerprint density at radius 1 is 0.906 bits per heavy atom. The molecule has 1 atom stereocenters. The first-order valence-corrected chi connectivity index (χ1v) is 10.8. The van der Waals surface area contributed by atoms with Gasteiger partial charge in [-0.25, -0.2) is 0 Å². The fourth-order valence-electron chi connectivity index (χ4n) is 3.10. The monoisotopic (exact) mass is 437 g/mol. The van der Waals surface area contributed by atoms with E-state index in [4.69, 9.17) is 14.0 Å². The standard InChI is InChI=1S/C25H32BNO5/c1-23(2,3)22(29)30-20(17-11-9-8-10-12-17)21(28)27-19-15-13-18(14-16-19)26-31-24(4,5)25(6,7)32-26/h8-16,20H,1-7H3,(H,27,28). The van der Waals surface area contributed by atoms with Gasteiger partial charge in [0.25, 0.3) is 5.91 Å². The van der Waals surface area contributed by atoms with Crippen LogP contribution >= 0.6 is 0 Å². The van der Waals surface area contributed by atoms with Crippen molar-refractivity contribution in [1.29, 1.82) is 0 Å². The molecule has 1 aliphatic rings. The molecule has 1 saturated heterocycles. The van der Waals surface area contributed by atoms with Gasteiger partial charge in [0, 0.05) is 11.3 Å². The van der Waals surface area contributed by atoms with Crippen molar-refractivity contribution in [3.05, 3.63) is 60.2 Å². The van der Waals surface area contributed by atoms with Gasteiger partial charge >= 0.3 is 13.1 Å². The first-order valence-electron chi connectivity index (χ1n) is 10.8. The predicted molar refractivity (Wildman–Crippen MR) is 126 cm³/mol. The Kier molecular flexibility index (Phi) is 6.54. The van der Waals surface area contributed by atoms with Crippen LogP contribution in [0.2, 0.25) is 0 Å². The van der Waals surface area contributed by atoms with Crippen LogP contribution in [0.3, 0.4) is 0 Å². The van der Waals surface area contributed by atoms with Gasteiger partial charge < -0.3 is 19.4 Å². The zero-order valence-electron chi connectivity index (χ0n) is 19.9. The first-order chi connectivity index (χ1) is 14.8. The highest BCUT2D eigenvalue weighted by molar-refractivity contribution is 6.62. The van der Waals surface area contributed by atoms with Gasteiger partial charge in [0.1, 0.15) is 0 Å². The lowest BCUT2D eigenvalue weighted by atomic mass is 9.79. The Bertz CT molecular complexity index is 948. The summed E-state index contributed by atoms with van der Waals surface area (Å²) in [6.45, 7) is 13.3. The van der Waals surface area contributed by atoms with E-state index in [-0.39, 0.29) is 0 Å². The molecule has 1 unspecified atom stereocenters. The molecular weight excluding hydrogens is 405 g/mol. The van der Waals surface area contributed by atoms with E-state index in [0.717, 1.165) is 5.46 Å². The van der Waals surface area contributed by atoms with E-state index >= 15 is 0 Å². The molecule has 1 heterocycles. The zero-order valence-corrected chi connectivity index (χ0v) is 19.9. The molecule has 1 amide bonds. The second-order valence-corrected chi connectivity index (χ2v) is 10.1. The molecule has 0 saturated carbocycles. The number of hydrogen-bond donors (Lipinski definition) is 1. The summed E-state index contributed by atoms with van der Waals surface area (Å²) in [5.74, 6) is -0.866. The average molecular weight is 437 g/mol. The van der Waals surface area contributed by atoms with Gasteiger partial charge in [0.05, 0.1) is 16.6 Å². The van der Waals surface area contributed by atoms with Crippen LogP contribution in [0.1, 0.15) is 60.1 Å². The molecule has 1 fully saturated rings. The summed E-state index contributed by atoms with van der Waals surface area (Å²) in [5.41, 5.74) is 0.479. The molecule has 0 radical (unpaired) electrons. The Balaban J connectivity index is 1.74. The van der Waals surface area contributed by atoms with Crippen LogP contribution in [0.25, 0.3) is 0 Å². The molecule has 1 aliphatic heterocycles. The first kappa shape index (κ1) is 24.0. The molecule has 170 valence electrons. The molecule has 0 spiro atoms. The van der Waals surface area contributed by atoms with E-state index in [0.29, 0.717) is 11.3 Å². The Labute approximate surface area is 190 Å². The number of amides is 1. The topological polar surface area (TPSA) is 73.9 Å². The molecule has 0 aromatic heterocycles. The van der Waals surface area contributed by atoms with E-state index in [9.17, 15) is 9.59 Å². The molecule has 32 heavy (non-hydrogen) atoms. The van der Waals surface area contributed by atoms with Crippen molar-refractivity contribution in [2.45, 2.75) is 65.8 Å². The largest absolute Gasteiger partial charge is 0.494 e. The summed E-state index contributed by atoms with van der Waals surface area (Å²) < 4.78 is 17.7. The van der Waals surface area contributed by atoms with E-state index in [1.807, 2.05) is 45.9 Å². The van der Waals surface area contributed by atoms with Gasteiger partial charge in [-0.1, -0.05) is 42.5 Å². The SMILES string of the molecule is CC(C)(C)C(=O)OC(C(=O)Nc1ccc(B2OC(C)(C)C(C)(C)O2)cc1)c1ccccc1. The number of esters is 1. The van der Waals surface area contributed by atoms with Crippen molar-refractivity contribution in [2.75, 3.05) is 5.32 Å². The molecule has 0 aliphatic carbocycles. The zero-order chi connectivity index (χ0) is 23.7. The van der Waals surface area contributed by atoms with Crippen LogP contribution in [0.15, 0.2) is 54.6 Å². The second kappa shape index (κ2) is 8.72. The quantitative estimate of drug-likeness (QED) is 0.559. The van der Waals surface area contributed by atoms with Crippen molar-refractivity contribution in [3.8, 4) is 0 Å². The van der Waals surface area contributed by atoms with Gasteiger partial charge in [-0.3, -0.25) is 9.59 Å². The number of rotatable bonds is 5. The van der Waals surface area contributed by atoms with Gasteiger partial charge in [-0.05, 0) is 66.1 Å². The molecule has 0 bridgehead atoms. The highest BCUT2D eigenvalue weighted by Gasteiger charge is 2.51. The third-order valence-corrected chi connectivity index (χ3v) is 5.88. The summed E-state index contributed by atoms with van der Waals surface area (Å²) in [7, 11) is -0.477. The number of carbonyl (C=O) groups excluding carboxylic acids is 2. The van der Waals surface area contributed by atoms with Gasteiger partial charge in [0.2, 0.25) is 6.10 Å². The number of nitrogens with one attached hydrogen (secondary N) is 1. The van der Waals surface area contributed by atoms with E-state index < -0.39 is 41.7 Å². The summed E-state index contributed by atoms with van der Waals surface area (Å²) in [6.07, 6.45) is -1.05. The molecular formula is C25H32BNO5. The Morgan fingerprint density at radius 3 is 1.94 bits per heavy atom. The predicted octanol–water partition coefficient (Wildman–Crippen LogP) is 4.25. The van der Waals surface area contributed by atoms with Crippen LogP contribution < -0.4 is 10.8 Å². The van der Waals surface area contributed by atoms with Gasteiger partial charge in [-0.2, -0.15) is 0 Å². The minimum absolute atomic E-state index is 0.419. The molecule has 7 heteroatoms. The average Bonchev–Trinajstić information content (AvgIpc) is 2.93. The summed E-state index contributed by atoms with van der Waals surface area (Å²) >= 11 is 0.